The van der Waals surface area contributed by atoms with Crippen molar-refractivity contribution >= 4 is 5.97 Å². The lowest BCUT2D eigenvalue weighted by Gasteiger charge is -2.22. The monoisotopic (exact) mass is 506 g/mol. The van der Waals surface area contributed by atoms with E-state index in [-0.39, 0.29) is 17.1 Å². The number of rotatable bonds is 23. The summed E-state index contributed by atoms with van der Waals surface area (Å²) in [5.74, 6) is -1.12. The van der Waals surface area contributed by atoms with Crippen LogP contribution in [0.3, 0.4) is 0 Å². The molecule has 5 nitrogen and oxygen atoms in total. The van der Waals surface area contributed by atoms with Gasteiger partial charge in [0.15, 0.2) is 5.75 Å². The van der Waals surface area contributed by atoms with Gasteiger partial charge in [-0.25, -0.2) is 4.79 Å². The average Bonchev–Trinajstić information content (AvgIpc) is 2.86. The predicted octanol–water partition coefficient (Wildman–Crippen LogP) is 9.35. The Balaban J connectivity index is 3.42. The van der Waals surface area contributed by atoms with Gasteiger partial charge >= 0.3 is 5.97 Å². The molecule has 36 heavy (non-hydrogen) atoms. The van der Waals surface area contributed by atoms with E-state index in [4.69, 9.17) is 9.78 Å². The Labute approximate surface area is 220 Å². The van der Waals surface area contributed by atoms with Gasteiger partial charge < -0.3 is 15.1 Å². The first-order valence-corrected chi connectivity index (χ1v) is 14.9. The van der Waals surface area contributed by atoms with Crippen LogP contribution in [0.2, 0.25) is 0 Å². The minimum Gasteiger partial charge on any atom is -0.504 e. The maximum absolute atomic E-state index is 12.4. The second-order valence-electron chi connectivity index (χ2n) is 10.2. The molecule has 0 unspecified atom stereocenters. The molecule has 0 fully saturated rings. The van der Waals surface area contributed by atoms with Gasteiger partial charge in [-0.05, 0) is 56.1 Å². The second-order valence-corrected chi connectivity index (χ2v) is 10.2. The molecule has 0 saturated carbocycles. The molecule has 0 bridgehead atoms. The first-order chi connectivity index (χ1) is 17.5. The molecule has 0 saturated heterocycles. The molecule has 0 radical (unpaired) electrons. The fourth-order valence-electron chi connectivity index (χ4n) is 4.93. The number of carboxylic acids is 1. The van der Waals surface area contributed by atoms with Crippen molar-refractivity contribution in [1.29, 1.82) is 0 Å². The fourth-order valence-corrected chi connectivity index (χ4v) is 4.93. The van der Waals surface area contributed by atoms with E-state index in [0.29, 0.717) is 13.0 Å². The van der Waals surface area contributed by atoms with Gasteiger partial charge in [0.1, 0.15) is 5.56 Å². The number of unbranched alkanes of at least 4 members (excludes halogenated alkanes) is 12. The number of benzene rings is 1. The van der Waals surface area contributed by atoms with Crippen LogP contribution in [0, 0.1) is 0 Å². The van der Waals surface area contributed by atoms with Crippen LogP contribution in [0.15, 0.2) is 0 Å². The fraction of sp³-hybridized carbons (Fsp3) is 0.774. The summed E-state index contributed by atoms with van der Waals surface area (Å²) < 4.78 is 0. The maximum Gasteiger partial charge on any atom is 0.339 e. The Kier molecular flexibility index (Phi) is 18.2. The molecule has 0 aromatic heterocycles. The van der Waals surface area contributed by atoms with E-state index >= 15 is 0 Å². The molecule has 0 heterocycles. The highest BCUT2D eigenvalue weighted by molar-refractivity contribution is 5.94. The lowest BCUT2D eigenvalue weighted by molar-refractivity contribution is -0.207. The highest BCUT2D eigenvalue weighted by Gasteiger charge is 2.28. The summed E-state index contributed by atoms with van der Waals surface area (Å²) in [5.41, 5.74) is 2.88. The van der Waals surface area contributed by atoms with Gasteiger partial charge in [-0.15, -0.1) is 0 Å². The highest BCUT2D eigenvalue weighted by atomic mass is 17.2. The predicted molar refractivity (Wildman–Crippen MR) is 149 cm³/mol. The minimum absolute atomic E-state index is 0.0129. The molecule has 5 heteroatoms. The van der Waals surface area contributed by atoms with Crippen molar-refractivity contribution in [1.82, 2.24) is 0 Å². The van der Waals surface area contributed by atoms with Crippen molar-refractivity contribution in [2.45, 2.75) is 150 Å². The summed E-state index contributed by atoms with van der Waals surface area (Å²) in [6, 6.07) is 0. The second kappa shape index (κ2) is 20.3. The van der Waals surface area contributed by atoms with Crippen LogP contribution in [-0.2, 0) is 24.2 Å². The van der Waals surface area contributed by atoms with Crippen molar-refractivity contribution < 1.29 is 24.8 Å². The van der Waals surface area contributed by atoms with Crippen LogP contribution in [-0.4, -0.2) is 22.8 Å². The summed E-state index contributed by atoms with van der Waals surface area (Å²) in [5, 5.41) is 21.3. The number of aromatic carboxylic acids is 1. The van der Waals surface area contributed by atoms with Gasteiger partial charge in [-0.3, -0.25) is 0 Å². The molecule has 1 aromatic rings. The highest BCUT2D eigenvalue weighted by Crippen LogP contribution is 2.42. The van der Waals surface area contributed by atoms with Gasteiger partial charge in [0, 0.05) is 5.56 Å². The molecule has 0 atom stereocenters. The largest absolute Gasteiger partial charge is 0.504 e. The Morgan fingerprint density at radius 2 is 1.06 bits per heavy atom. The van der Waals surface area contributed by atoms with Crippen molar-refractivity contribution in [3.05, 3.63) is 22.3 Å². The van der Waals surface area contributed by atoms with Crippen LogP contribution in [0.5, 0.6) is 11.5 Å². The third-order valence-corrected chi connectivity index (χ3v) is 6.99. The molecule has 0 aliphatic rings. The topological polar surface area (TPSA) is 76.0 Å². The van der Waals surface area contributed by atoms with Crippen molar-refractivity contribution in [2.75, 3.05) is 6.61 Å². The van der Waals surface area contributed by atoms with E-state index in [2.05, 4.69) is 20.8 Å². The lowest BCUT2D eigenvalue weighted by Crippen LogP contribution is -2.14. The summed E-state index contributed by atoms with van der Waals surface area (Å²) >= 11 is 0. The minimum atomic E-state index is -1.09. The maximum atomic E-state index is 12.4. The average molecular weight is 507 g/mol. The smallest absolute Gasteiger partial charge is 0.339 e. The van der Waals surface area contributed by atoms with E-state index < -0.39 is 5.97 Å². The summed E-state index contributed by atoms with van der Waals surface area (Å²) in [7, 11) is 0. The molecule has 0 amide bonds. The number of aromatic hydroxyl groups is 1. The lowest BCUT2D eigenvalue weighted by atomic mass is 9.85. The van der Waals surface area contributed by atoms with E-state index in [1.54, 1.807) is 0 Å². The van der Waals surface area contributed by atoms with Crippen LogP contribution in [0.25, 0.3) is 0 Å². The van der Waals surface area contributed by atoms with Crippen molar-refractivity contribution in [3.63, 3.8) is 0 Å². The van der Waals surface area contributed by atoms with Crippen LogP contribution < -0.4 is 4.89 Å². The number of hydrogen-bond acceptors (Lipinski definition) is 4. The van der Waals surface area contributed by atoms with E-state index in [9.17, 15) is 15.0 Å². The Hall–Kier alpha value is -1.75. The molecule has 1 aromatic carbocycles. The standard InChI is InChI=1S/C31H54O5/c1-5-9-12-15-18-21-25-26(22-19-16-13-10-6-2)28(31(33)34)29(32)30(36-35-24-8-4)27(25)23-20-17-14-11-7-3/h32H,5-24H2,1-4H3,(H,33,34). The first kappa shape index (κ1) is 32.3. The van der Waals surface area contributed by atoms with Crippen LogP contribution in [0.4, 0.5) is 0 Å². The SMILES string of the molecule is CCCCCCCc1c(CCCCCCC)c(OOCCC)c(O)c(C(=O)O)c1CCCCCCC. The molecule has 1 rings (SSSR count). The Bertz CT molecular complexity index is 728. The molecular formula is C31H54O5. The molecule has 0 aliphatic carbocycles. The molecule has 0 spiro atoms. The van der Waals surface area contributed by atoms with Gasteiger partial charge in [-0.2, -0.15) is 4.89 Å². The number of carbonyl (C=O) groups is 1. The third-order valence-electron chi connectivity index (χ3n) is 6.99. The summed E-state index contributed by atoms with van der Waals surface area (Å²) in [6.45, 7) is 9.01. The molecular weight excluding hydrogens is 452 g/mol. The Morgan fingerprint density at radius 3 is 1.50 bits per heavy atom. The molecule has 0 aliphatic heterocycles. The molecule has 208 valence electrons. The van der Waals surface area contributed by atoms with E-state index in [0.717, 1.165) is 80.9 Å². The van der Waals surface area contributed by atoms with Gasteiger partial charge in [-0.1, -0.05) is 105 Å². The number of carboxylic acid groups (broad SMARTS) is 1. The quantitative estimate of drug-likeness (QED) is 0.0878. The normalized spacial score (nSPS) is 11.2. The number of hydrogen-bond donors (Lipinski definition) is 2. The number of phenols is 1. The van der Waals surface area contributed by atoms with Crippen LogP contribution >= 0.6 is 0 Å². The van der Waals surface area contributed by atoms with E-state index in [1.807, 2.05) is 6.92 Å². The Morgan fingerprint density at radius 1 is 0.611 bits per heavy atom. The molecule has 2 N–H and O–H groups in total. The zero-order chi connectivity index (χ0) is 26.6. The van der Waals surface area contributed by atoms with Crippen molar-refractivity contribution in [2.24, 2.45) is 0 Å². The van der Waals surface area contributed by atoms with Crippen molar-refractivity contribution in [3.8, 4) is 11.5 Å². The summed E-state index contributed by atoms with van der Waals surface area (Å²) in [6.07, 6.45) is 20.1. The zero-order valence-corrected chi connectivity index (χ0v) is 23.8. The van der Waals surface area contributed by atoms with Gasteiger partial charge in [0.05, 0.1) is 6.61 Å². The first-order valence-electron chi connectivity index (χ1n) is 14.9. The summed E-state index contributed by atoms with van der Waals surface area (Å²) in [4.78, 5) is 23.5. The van der Waals surface area contributed by atoms with Gasteiger partial charge in [0.25, 0.3) is 0 Å². The van der Waals surface area contributed by atoms with E-state index in [1.165, 1.54) is 51.4 Å². The van der Waals surface area contributed by atoms with Crippen LogP contribution in [0.1, 0.15) is 157 Å². The van der Waals surface area contributed by atoms with Gasteiger partial charge in [0.2, 0.25) is 5.75 Å². The zero-order valence-electron chi connectivity index (χ0n) is 23.8. The third kappa shape index (κ3) is 11.5.